The number of sulfonamides is 1. The Hall–Kier alpha value is -2.86. The van der Waals surface area contributed by atoms with Crippen LogP contribution in [0.3, 0.4) is 0 Å². The monoisotopic (exact) mass is 383 g/mol. The Labute approximate surface area is 157 Å². The highest BCUT2D eigenvalue weighted by Crippen LogP contribution is 2.47. The first-order valence-electron chi connectivity index (χ1n) is 8.51. The number of hydrogen-bond acceptors (Lipinski definition) is 3. The molecule has 0 fully saturated rings. The zero-order valence-corrected chi connectivity index (χ0v) is 15.7. The summed E-state index contributed by atoms with van der Waals surface area (Å²) in [6.07, 6.45) is 0. The maximum absolute atomic E-state index is 14.0. The largest absolute Gasteiger partial charge is 0.497 e. The number of methoxy groups -OCH3 is 1. The van der Waals surface area contributed by atoms with Gasteiger partial charge in [0, 0.05) is 5.56 Å². The Kier molecular flexibility index (Phi) is 4.15. The van der Waals surface area contributed by atoms with Crippen molar-refractivity contribution in [1.29, 1.82) is 0 Å². The van der Waals surface area contributed by atoms with Crippen molar-refractivity contribution >= 4 is 15.7 Å². The molecular formula is C21H18FNO3S. The highest BCUT2D eigenvalue weighted by Gasteiger charge is 2.36. The average Bonchev–Trinajstić information content (AvgIpc) is 2.68. The van der Waals surface area contributed by atoms with Gasteiger partial charge in [-0.3, -0.25) is 4.31 Å². The first-order valence-corrected chi connectivity index (χ1v) is 9.95. The van der Waals surface area contributed by atoms with Gasteiger partial charge >= 0.3 is 0 Å². The van der Waals surface area contributed by atoms with Crippen molar-refractivity contribution in [3.63, 3.8) is 0 Å². The first kappa shape index (κ1) is 17.5. The topological polar surface area (TPSA) is 46.6 Å². The molecule has 3 aromatic rings. The molecule has 0 saturated carbocycles. The summed E-state index contributed by atoms with van der Waals surface area (Å²) in [6.45, 7) is 1.81. The Balaban J connectivity index is 1.93. The number of fused-ring (bicyclic) bond motifs is 3. The zero-order chi connectivity index (χ0) is 19.2. The molecule has 0 radical (unpaired) electrons. The summed E-state index contributed by atoms with van der Waals surface area (Å²) < 4.78 is 47.3. The van der Waals surface area contributed by atoms with Gasteiger partial charge in [0.1, 0.15) is 11.6 Å². The number of benzene rings is 3. The maximum Gasteiger partial charge on any atom is 0.264 e. The van der Waals surface area contributed by atoms with Gasteiger partial charge in [-0.15, -0.1) is 0 Å². The number of hydrogen-bond donors (Lipinski definition) is 0. The zero-order valence-electron chi connectivity index (χ0n) is 14.9. The van der Waals surface area contributed by atoms with Crippen LogP contribution in [0.15, 0.2) is 71.6 Å². The molecule has 0 N–H and O–H groups in total. The Bertz CT molecular complexity index is 1110. The van der Waals surface area contributed by atoms with Crippen LogP contribution < -0.4 is 9.04 Å². The predicted molar refractivity (Wildman–Crippen MR) is 103 cm³/mol. The molecule has 4 rings (SSSR count). The van der Waals surface area contributed by atoms with Crippen molar-refractivity contribution in [1.82, 2.24) is 0 Å². The molecular weight excluding hydrogens is 365 g/mol. The molecule has 1 aliphatic rings. The lowest BCUT2D eigenvalue weighted by Crippen LogP contribution is -2.36. The minimum Gasteiger partial charge on any atom is -0.497 e. The molecule has 1 heterocycles. The van der Waals surface area contributed by atoms with Gasteiger partial charge in [-0.2, -0.15) is 0 Å². The van der Waals surface area contributed by atoms with Crippen molar-refractivity contribution in [3.05, 3.63) is 78.1 Å². The Morgan fingerprint density at radius 1 is 0.963 bits per heavy atom. The van der Waals surface area contributed by atoms with E-state index >= 15 is 0 Å². The van der Waals surface area contributed by atoms with Crippen molar-refractivity contribution in [3.8, 4) is 16.9 Å². The highest BCUT2D eigenvalue weighted by molar-refractivity contribution is 7.92. The molecule has 6 heteroatoms. The van der Waals surface area contributed by atoms with Crippen LogP contribution in [0.4, 0.5) is 10.1 Å². The van der Waals surface area contributed by atoms with E-state index in [1.54, 1.807) is 18.2 Å². The maximum atomic E-state index is 14.0. The fraction of sp³-hybridized carbons (Fsp3) is 0.143. The summed E-state index contributed by atoms with van der Waals surface area (Å²) in [7, 11) is -2.38. The lowest BCUT2D eigenvalue weighted by Gasteiger charge is -2.37. The third-order valence-electron chi connectivity index (χ3n) is 4.87. The molecule has 0 saturated heterocycles. The van der Waals surface area contributed by atoms with Crippen molar-refractivity contribution in [2.45, 2.75) is 17.9 Å². The number of nitrogens with zero attached hydrogens (tertiary/aromatic N) is 1. The lowest BCUT2D eigenvalue weighted by atomic mass is 9.90. The van der Waals surface area contributed by atoms with Gasteiger partial charge in [0.2, 0.25) is 0 Å². The number of halogens is 1. The first-order chi connectivity index (χ1) is 12.9. The number of rotatable bonds is 3. The predicted octanol–water partition coefficient (Wildman–Crippen LogP) is 4.77. The van der Waals surface area contributed by atoms with Crippen LogP contribution >= 0.6 is 0 Å². The van der Waals surface area contributed by atoms with Crippen LogP contribution in [0, 0.1) is 5.82 Å². The van der Waals surface area contributed by atoms with E-state index in [1.807, 2.05) is 31.2 Å². The number of ether oxygens (including phenoxy) is 1. The van der Waals surface area contributed by atoms with Crippen LogP contribution in [-0.2, 0) is 10.0 Å². The van der Waals surface area contributed by atoms with Crippen LogP contribution in [-0.4, -0.2) is 15.5 Å². The summed E-state index contributed by atoms with van der Waals surface area (Å²) in [4.78, 5) is 0.129. The minimum absolute atomic E-state index is 0.129. The van der Waals surface area contributed by atoms with Gasteiger partial charge in [-0.05, 0) is 60.5 Å². The lowest BCUT2D eigenvalue weighted by molar-refractivity contribution is 0.414. The van der Waals surface area contributed by atoms with Crippen molar-refractivity contribution in [2.24, 2.45) is 0 Å². The second-order valence-electron chi connectivity index (χ2n) is 6.40. The van der Waals surface area contributed by atoms with E-state index in [4.69, 9.17) is 4.74 Å². The molecule has 1 atom stereocenters. The number of anilines is 1. The molecule has 1 aliphatic heterocycles. The average molecular weight is 383 g/mol. The van der Waals surface area contributed by atoms with Gasteiger partial charge in [0.15, 0.2) is 0 Å². The van der Waals surface area contributed by atoms with Gasteiger partial charge in [0.05, 0.1) is 23.7 Å². The smallest absolute Gasteiger partial charge is 0.264 e. The van der Waals surface area contributed by atoms with Gasteiger partial charge in [-0.25, -0.2) is 12.8 Å². The molecule has 1 unspecified atom stereocenters. The van der Waals surface area contributed by atoms with E-state index in [0.717, 1.165) is 11.1 Å². The SMILES string of the molecule is COc1ccc(S(=O)(=O)N2c3cc(F)ccc3-c3ccccc3C2C)cc1. The van der Waals surface area contributed by atoms with Crippen LogP contribution in [0.25, 0.3) is 11.1 Å². The standard InChI is InChI=1S/C21H18FNO3S/c1-14-18-5-3-4-6-19(18)20-12-7-15(22)13-21(20)23(14)27(24,25)17-10-8-16(26-2)9-11-17/h3-14H,1-2H3. The molecule has 138 valence electrons. The molecule has 0 spiro atoms. The van der Waals surface area contributed by atoms with Crippen LogP contribution in [0.1, 0.15) is 18.5 Å². The van der Waals surface area contributed by atoms with E-state index < -0.39 is 21.9 Å². The van der Waals surface area contributed by atoms with Crippen molar-refractivity contribution < 1.29 is 17.5 Å². The molecule has 0 aromatic heterocycles. The molecule has 0 aliphatic carbocycles. The van der Waals surface area contributed by atoms with E-state index in [9.17, 15) is 12.8 Å². The fourth-order valence-electron chi connectivity index (χ4n) is 3.56. The van der Waals surface area contributed by atoms with E-state index in [1.165, 1.54) is 35.7 Å². The molecule has 0 amide bonds. The van der Waals surface area contributed by atoms with Gasteiger partial charge in [0.25, 0.3) is 10.0 Å². The molecule has 27 heavy (non-hydrogen) atoms. The summed E-state index contributed by atoms with van der Waals surface area (Å²) in [5.41, 5.74) is 2.84. The molecule has 3 aromatic carbocycles. The van der Waals surface area contributed by atoms with Crippen LogP contribution in [0.2, 0.25) is 0 Å². The fourth-order valence-corrected chi connectivity index (χ4v) is 5.20. The van der Waals surface area contributed by atoms with Gasteiger partial charge in [-0.1, -0.05) is 24.3 Å². The third-order valence-corrected chi connectivity index (χ3v) is 6.76. The summed E-state index contributed by atoms with van der Waals surface area (Å²) in [5.74, 6) is 0.0905. The second kappa shape index (κ2) is 6.39. The molecule has 4 nitrogen and oxygen atoms in total. The van der Waals surface area contributed by atoms with E-state index in [-0.39, 0.29) is 4.90 Å². The summed E-state index contributed by atoms with van der Waals surface area (Å²) >= 11 is 0. The van der Waals surface area contributed by atoms with Crippen molar-refractivity contribution in [2.75, 3.05) is 11.4 Å². The minimum atomic E-state index is -3.90. The quantitative estimate of drug-likeness (QED) is 0.654. The summed E-state index contributed by atoms with van der Waals surface area (Å²) in [5, 5.41) is 0. The highest BCUT2D eigenvalue weighted by atomic mass is 32.2. The van der Waals surface area contributed by atoms with Crippen LogP contribution in [0.5, 0.6) is 5.75 Å². The van der Waals surface area contributed by atoms with E-state index in [2.05, 4.69) is 0 Å². The normalized spacial score (nSPS) is 15.8. The summed E-state index contributed by atoms with van der Waals surface area (Å²) in [6, 6.07) is 17.6. The third kappa shape index (κ3) is 2.77. The van der Waals surface area contributed by atoms with Gasteiger partial charge < -0.3 is 4.74 Å². The molecule has 0 bridgehead atoms. The Morgan fingerprint density at radius 3 is 2.37 bits per heavy atom. The second-order valence-corrected chi connectivity index (χ2v) is 8.22. The Morgan fingerprint density at radius 2 is 1.67 bits per heavy atom. The van der Waals surface area contributed by atoms with E-state index in [0.29, 0.717) is 17.0 Å².